The van der Waals surface area contributed by atoms with E-state index in [1.165, 1.54) is 7.11 Å². The van der Waals surface area contributed by atoms with Crippen LogP contribution in [0.15, 0.2) is 60.7 Å². The largest absolute Gasteiger partial charge is 0.469 e. The summed E-state index contributed by atoms with van der Waals surface area (Å²) in [4.78, 5) is 99.4. The van der Waals surface area contributed by atoms with Gasteiger partial charge in [-0.2, -0.15) is 0 Å². The summed E-state index contributed by atoms with van der Waals surface area (Å²) in [7, 11) is 1.28. The highest BCUT2D eigenvalue weighted by Gasteiger charge is 2.47. The highest BCUT2D eigenvalue weighted by Crippen LogP contribution is 2.38. The van der Waals surface area contributed by atoms with E-state index >= 15 is 0 Å². The maximum absolute atomic E-state index is 14.7. The van der Waals surface area contributed by atoms with Crippen LogP contribution in [0.2, 0.25) is 0 Å². The second-order valence-corrected chi connectivity index (χ2v) is 22.5. The number of benzene rings is 2. The van der Waals surface area contributed by atoms with Gasteiger partial charge in [0.05, 0.1) is 43.7 Å². The molecule has 2 aliphatic rings. The van der Waals surface area contributed by atoms with Crippen molar-refractivity contribution >= 4 is 41.4 Å². The third-order valence-corrected chi connectivity index (χ3v) is 12.9. The zero-order valence-corrected chi connectivity index (χ0v) is 44.9. The van der Waals surface area contributed by atoms with Crippen molar-refractivity contribution < 1.29 is 57.2 Å². The molecule has 16 heteroatoms. The number of piperidine rings is 1. The Balaban J connectivity index is 1.56. The lowest BCUT2D eigenvalue weighted by atomic mass is 9.75. The molecular weight excluding hydrogens is 921 g/mol. The summed E-state index contributed by atoms with van der Waals surface area (Å²) >= 11 is 0. The lowest BCUT2D eigenvalue weighted by molar-refractivity contribution is -0.170. The van der Waals surface area contributed by atoms with E-state index < -0.39 is 70.3 Å². The van der Waals surface area contributed by atoms with Crippen LogP contribution in [-0.4, -0.2) is 121 Å². The summed E-state index contributed by atoms with van der Waals surface area (Å²) < 4.78 is 27.9. The Morgan fingerprint density at radius 1 is 0.750 bits per heavy atom. The molecule has 72 heavy (non-hydrogen) atoms. The SMILES string of the molecule is COC(=O)C1(CC(=O)OC(C)(C)C)CCN(C(=O)[C@@H](CCCCNC[C@@H]2COC(C)(C)O2)CC(=O)[C@@H](CC(C)C)NC(=O)[C@H](CC(=O)[C@@H](Cc2ccccc2)NC(=O)OC(C)(C)C)Cc2ccccc2)CC1. The van der Waals surface area contributed by atoms with Gasteiger partial charge in [-0.15, -0.1) is 0 Å². The average Bonchev–Trinajstić information content (AvgIpc) is 3.65. The molecule has 16 nitrogen and oxygen atoms in total. The van der Waals surface area contributed by atoms with Crippen LogP contribution >= 0.6 is 0 Å². The van der Waals surface area contributed by atoms with Gasteiger partial charge < -0.3 is 44.5 Å². The number of hydrogen-bond acceptors (Lipinski definition) is 13. The maximum atomic E-state index is 14.7. The summed E-state index contributed by atoms with van der Waals surface area (Å²) in [6.07, 6.45) is 1.30. The Bertz CT molecular complexity index is 2090. The number of ketones is 2. The third-order valence-electron chi connectivity index (χ3n) is 12.9. The second-order valence-electron chi connectivity index (χ2n) is 22.5. The molecule has 0 aliphatic carbocycles. The van der Waals surface area contributed by atoms with Crippen molar-refractivity contribution in [2.24, 2.45) is 23.2 Å². The number of alkyl carbamates (subject to hydrolysis) is 1. The molecule has 2 aliphatic heterocycles. The maximum Gasteiger partial charge on any atom is 0.408 e. The highest BCUT2D eigenvalue weighted by molar-refractivity contribution is 5.95. The van der Waals surface area contributed by atoms with Crippen LogP contribution in [0.3, 0.4) is 0 Å². The Kier molecular flexibility index (Phi) is 22.4. The number of unbranched alkanes of at least 4 members (excludes halogenated alkanes) is 1. The normalized spacial score (nSPS) is 18.3. The van der Waals surface area contributed by atoms with Crippen molar-refractivity contribution in [1.29, 1.82) is 0 Å². The van der Waals surface area contributed by atoms with E-state index in [0.717, 1.165) is 11.1 Å². The van der Waals surface area contributed by atoms with Crippen molar-refractivity contribution in [1.82, 2.24) is 20.9 Å². The van der Waals surface area contributed by atoms with Crippen LogP contribution in [0.5, 0.6) is 0 Å². The van der Waals surface area contributed by atoms with Gasteiger partial charge in [0.15, 0.2) is 17.4 Å². The summed E-state index contributed by atoms with van der Waals surface area (Å²) in [6.45, 7) is 20.2. The Morgan fingerprint density at radius 3 is 1.86 bits per heavy atom. The minimum atomic E-state index is -1.17. The van der Waals surface area contributed by atoms with Gasteiger partial charge in [-0.3, -0.25) is 28.8 Å². The predicted molar refractivity (Wildman–Crippen MR) is 273 cm³/mol. The molecule has 0 spiro atoms. The van der Waals surface area contributed by atoms with Crippen molar-refractivity contribution in [2.45, 2.75) is 175 Å². The van der Waals surface area contributed by atoms with Gasteiger partial charge in [0, 0.05) is 44.3 Å². The van der Waals surface area contributed by atoms with Crippen LogP contribution in [-0.2, 0) is 65.3 Å². The number of ether oxygens (including phenoxy) is 5. The number of carbonyl (C=O) groups is 7. The second kappa shape index (κ2) is 27.2. The molecule has 0 saturated carbocycles. The van der Waals surface area contributed by atoms with Crippen molar-refractivity contribution in [3.8, 4) is 0 Å². The van der Waals surface area contributed by atoms with Crippen LogP contribution in [0.25, 0.3) is 0 Å². The van der Waals surface area contributed by atoms with Crippen LogP contribution in [0.1, 0.15) is 138 Å². The monoisotopic (exact) mass is 1000 g/mol. The van der Waals surface area contributed by atoms with Gasteiger partial charge in [0.2, 0.25) is 11.8 Å². The summed E-state index contributed by atoms with van der Waals surface area (Å²) in [5.74, 6) is -4.79. The molecule has 2 aromatic rings. The molecule has 400 valence electrons. The van der Waals surface area contributed by atoms with E-state index in [1.807, 2.05) is 88.4 Å². The first-order chi connectivity index (χ1) is 33.8. The van der Waals surface area contributed by atoms with Gasteiger partial charge in [0.1, 0.15) is 11.2 Å². The van der Waals surface area contributed by atoms with Gasteiger partial charge in [-0.05, 0) is 124 Å². The summed E-state index contributed by atoms with van der Waals surface area (Å²) in [5, 5.41) is 9.21. The fraction of sp³-hybridized carbons (Fsp3) is 0.661. The predicted octanol–water partition coefficient (Wildman–Crippen LogP) is 7.47. The fourth-order valence-electron chi connectivity index (χ4n) is 9.32. The molecule has 2 saturated heterocycles. The van der Waals surface area contributed by atoms with E-state index in [4.69, 9.17) is 23.7 Å². The first kappa shape index (κ1) is 59.4. The van der Waals surface area contributed by atoms with E-state index in [-0.39, 0.29) is 94.0 Å². The molecule has 0 unspecified atom stereocenters. The van der Waals surface area contributed by atoms with Crippen molar-refractivity contribution in [3.63, 3.8) is 0 Å². The molecule has 3 N–H and O–H groups in total. The van der Waals surface area contributed by atoms with Gasteiger partial charge >= 0.3 is 18.0 Å². The van der Waals surface area contributed by atoms with E-state index in [2.05, 4.69) is 16.0 Å². The molecule has 2 heterocycles. The fourth-order valence-corrected chi connectivity index (χ4v) is 9.32. The van der Waals surface area contributed by atoms with Gasteiger partial charge in [-0.25, -0.2) is 4.79 Å². The number of carbonyl (C=O) groups excluding carboxylic acids is 7. The number of hydrogen-bond donors (Lipinski definition) is 3. The molecular formula is C56H84N4O12. The molecule has 0 bridgehead atoms. The summed E-state index contributed by atoms with van der Waals surface area (Å²) in [6, 6.07) is 16.6. The summed E-state index contributed by atoms with van der Waals surface area (Å²) in [5.41, 5.74) is -1.12. The number of Topliss-reactive ketones (excluding diaryl/α,β-unsaturated/α-hetero) is 2. The highest BCUT2D eigenvalue weighted by atomic mass is 16.7. The number of amides is 3. The number of nitrogens with zero attached hydrogens (tertiary/aromatic N) is 1. The number of methoxy groups -OCH3 is 1. The molecule has 3 amide bonds. The first-order valence-corrected chi connectivity index (χ1v) is 25.8. The van der Waals surface area contributed by atoms with Crippen LogP contribution < -0.4 is 16.0 Å². The average molecular weight is 1010 g/mol. The number of esters is 2. The molecule has 4 rings (SSSR count). The van der Waals surface area contributed by atoms with E-state index in [1.54, 1.807) is 46.4 Å². The number of nitrogens with one attached hydrogen (secondary N) is 3. The van der Waals surface area contributed by atoms with Crippen LogP contribution in [0.4, 0.5) is 4.79 Å². The number of likely N-dealkylation sites (tertiary alicyclic amines) is 1. The Hall–Kier alpha value is -5.19. The zero-order chi connectivity index (χ0) is 53.3. The Morgan fingerprint density at radius 2 is 1.32 bits per heavy atom. The standard InChI is InChI=1S/C56H84N4O12/c1-38(2)30-44(58-49(64)42(31-39-20-14-12-15-21-39)34-47(62)45(32-40-22-16-13-17-23-40)59-52(67)72-54(6,7)8)46(61)33-41(24-18-19-27-57-36-43-37-69-55(9,10)70-43)50(65)60-28-25-56(26-29-60,51(66)68-11)35-48(63)71-53(3,4)5/h12-17,20-23,38,41-45,57H,18-19,24-37H2,1-11H3,(H,58,64)(H,59,67)/t41-,42-,43+,44+,45+/m0/s1. The van der Waals surface area contributed by atoms with Crippen molar-refractivity contribution in [3.05, 3.63) is 71.8 Å². The lowest BCUT2D eigenvalue weighted by Crippen LogP contribution is -2.50. The first-order valence-electron chi connectivity index (χ1n) is 25.8. The zero-order valence-electron chi connectivity index (χ0n) is 44.9. The minimum absolute atomic E-state index is 0.0275. The lowest BCUT2D eigenvalue weighted by Gasteiger charge is -2.40. The molecule has 5 atom stereocenters. The third kappa shape index (κ3) is 20.4. The number of rotatable bonds is 26. The quantitative estimate of drug-likeness (QED) is 0.0476. The molecule has 2 aromatic carbocycles. The molecule has 0 aromatic heterocycles. The smallest absolute Gasteiger partial charge is 0.408 e. The topological polar surface area (TPSA) is 205 Å². The Labute approximate surface area is 428 Å². The van der Waals surface area contributed by atoms with E-state index in [9.17, 15) is 33.6 Å². The van der Waals surface area contributed by atoms with Crippen LogP contribution in [0, 0.1) is 23.2 Å². The minimum Gasteiger partial charge on any atom is -0.469 e. The van der Waals surface area contributed by atoms with Gasteiger partial charge in [0.25, 0.3) is 0 Å². The molecule has 0 radical (unpaired) electrons. The van der Waals surface area contributed by atoms with Crippen molar-refractivity contribution in [2.75, 3.05) is 39.9 Å². The van der Waals surface area contributed by atoms with Gasteiger partial charge in [-0.1, -0.05) is 80.9 Å². The molecule has 2 fully saturated rings. The van der Waals surface area contributed by atoms with E-state index in [0.29, 0.717) is 39.0 Å².